The summed E-state index contributed by atoms with van der Waals surface area (Å²) in [5.74, 6) is -1.51. The number of carbonyl (C=O) groups excluding carboxylic acids is 3. The second-order valence-corrected chi connectivity index (χ2v) is 9.78. The van der Waals surface area contributed by atoms with Crippen LogP contribution >= 0.6 is 0 Å². The van der Waals surface area contributed by atoms with Gasteiger partial charge in [0.05, 0.1) is 16.0 Å². The molecule has 2 heterocycles. The van der Waals surface area contributed by atoms with Crippen molar-refractivity contribution in [3.8, 4) is 0 Å². The number of esters is 1. The average molecular weight is 457 g/mol. The molecule has 32 heavy (non-hydrogen) atoms. The minimum Gasteiger partial charge on any atom is -0.444 e. The van der Waals surface area contributed by atoms with E-state index < -0.39 is 34.5 Å². The Morgan fingerprint density at radius 2 is 1.47 bits per heavy atom. The van der Waals surface area contributed by atoms with E-state index in [-0.39, 0.29) is 11.3 Å². The summed E-state index contributed by atoms with van der Waals surface area (Å²) in [6.45, 7) is 0.657. The first-order chi connectivity index (χ1) is 15.4. The van der Waals surface area contributed by atoms with E-state index in [4.69, 9.17) is 4.74 Å². The van der Waals surface area contributed by atoms with Crippen LogP contribution in [0.4, 0.5) is 0 Å². The lowest BCUT2D eigenvalue weighted by Crippen LogP contribution is -2.35. The van der Waals surface area contributed by atoms with E-state index in [0.717, 1.165) is 29.7 Å². The smallest absolute Gasteiger partial charge is 0.307 e. The molecule has 2 aliphatic rings. The van der Waals surface area contributed by atoms with Gasteiger partial charge in [-0.05, 0) is 49.1 Å². The molecule has 0 radical (unpaired) electrons. The van der Waals surface area contributed by atoms with Crippen molar-refractivity contribution in [2.24, 2.45) is 0 Å². The molecule has 0 N–H and O–H groups in total. The Bertz CT molecular complexity index is 1100. The van der Waals surface area contributed by atoms with Gasteiger partial charge in [-0.1, -0.05) is 30.7 Å². The van der Waals surface area contributed by atoms with Crippen molar-refractivity contribution in [3.05, 3.63) is 65.2 Å². The van der Waals surface area contributed by atoms with E-state index in [1.54, 1.807) is 48.5 Å². The largest absolute Gasteiger partial charge is 0.444 e. The van der Waals surface area contributed by atoms with Gasteiger partial charge in [-0.2, -0.15) is 4.31 Å². The maximum Gasteiger partial charge on any atom is 0.307 e. The third-order valence-corrected chi connectivity index (χ3v) is 7.64. The van der Waals surface area contributed by atoms with Crippen LogP contribution in [0.1, 0.15) is 52.0 Å². The van der Waals surface area contributed by atoms with Crippen molar-refractivity contribution in [1.29, 1.82) is 0 Å². The second-order valence-electron chi connectivity index (χ2n) is 7.84. The first kappa shape index (κ1) is 22.2. The number of nitrogens with zero attached hydrogens (tertiary/aromatic N) is 2. The Labute approximate surface area is 186 Å². The lowest BCUT2D eigenvalue weighted by molar-refractivity contribution is -0.146. The highest BCUT2D eigenvalue weighted by Gasteiger charge is 2.35. The number of hydrogen-bond acceptors (Lipinski definition) is 6. The third-order valence-electron chi connectivity index (χ3n) is 5.73. The number of piperidine rings is 1. The molecule has 0 atom stereocenters. The van der Waals surface area contributed by atoms with E-state index in [9.17, 15) is 22.8 Å². The molecule has 0 aromatic heterocycles. The molecule has 1 fully saturated rings. The van der Waals surface area contributed by atoms with Crippen LogP contribution in [-0.4, -0.2) is 55.2 Å². The quantitative estimate of drug-likeness (QED) is 0.469. The standard InChI is InChI=1S/C23H24N2O6S/c26-21(31-16-25-22(27)19-6-2-3-7-20(19)23(25)28)13-10-17-8-11-18(12-9-17)32(29,30)24-14-4-1-5-15-24/h2-3,6-9,11-12H,1,4-5,10,13-16H2. The topological polar surface area (TPSA) is 101 Å². The Balaban J connectivity index is 1.28. The summed E-state index contributed by atoms with van der Waals surface area (Å²) in [4.78, 5) is 37.8. The zero-order chi connectivity index (χ0) is 22.7. The van der Waals surface area contributed by atoms with Crippen LogP contribution < -0.4 is 0 Å². The molecule has 0 spiro atoms. The summed E-state index contributed by atoms with van der Waals surface area (Å²) in [7, 11) is -3.49. The fraction of sp³-hybridized carbons (Fsp3) is 0.348. The normalized spacial score (nSPS) is 16.8. The number of hydrogen-bond donors (Lipinski definition) is 0. The Morgan fingerprint density at radius 3 is 2.06 bits per heavy atom. The predicted octanol–water partition coefficient (Wildman–Crippen LogP) is 2.59. The molecule has 168 valence electrons. The molecule has 2 aliphatic heterocycles. The molecule has 0 aliphatic carbocycles. The van der Waals surface area contributed by atoms with E-state index in [1.165, 1.54) is 4.31 Å². The molecule has 2 aromatic carbocycles. The predicted molar refractivity (Wildman–Crippen MR) is 115 cm³/mol. The molecule has 4 rings (SSSR count). The maximum absolute atomic E-state index is 12.7. The molecule has 1 saturated heterocycles. The summed E-state index contributed by atoms with van der Waals surface area (Å²) in [5.41, 5.74) is 1.39. The molecule has 0 bridgehead atoms. The summed E-state index contributed by atoms with van der Waals surface area (Å²) < 4.78 is 32.0. The molecule has 0 saturated carbocycles. The van der Waals surface area contributed by atoms with E-state index >= 15 is 0 Å². The van der Waals surface area contributed by atoms with Crippen molar-refractivity contribution >= 4 is 27.8 Å². The van der Waals surface area contributed by atoms with Gasteiger partial charge >= 0.3 is 5.97 Å². The number of sulfonamides is 1. The monoisotopic (exact) mass is 456 g/mol. The van der Waals surface area contributed by atoms with Crippen molar-refractivity contribution in [3.63, 3.8) is 0 Å². The van der Waals surface area contributed by atoms with E-state index in [0.29, 0.717) is 30.6 Å². The van der Waals surface area contributed by atoms with Crippen molar-refractivity contribution in [1.82, 2.24) is 9.21 Å². The average Bonchev–Trinajstić information content (AvgIpc) is 3.07. The molecular formula is C23H24N2O6S. The molecule has 9 heteroatoms. The van der Waals surface area contributed by atoms with Crippen molar-refractivity contribution in [2.45, 2.75) is 37.0 Å². The number of aryl methyl sites for hydroxylation is 1. The van der Waals surface area contributed by atoms with Crippen LogP contribution in [-0.2, 0) is 26.0 Å². The van der Waals surface area contributed by atoms with Gasteiger partial charge in [0.1, 0.15) is 0 Å². The van der Waals surface area contributed by atoms with Crippen LogP contribution in [0.2, 0.25) is 0 Å². The van der Waals surface area contributed by atoms with Gasteiger partial charge in [-0.3, -0.25) is 14.4 Å². The Hall–Kier alpha value is -3.04. The first-order valence-electron chi connectivity index (χ1n) is 10.6. The lowest BCUT2D eigenvalue weighted by atomic mass is 10.1. The fourth-order valence-electron chi connectivity index (χ4n) is 3.89. The van der Waals surface area contributed by atoms with Gasteiger partial charge in [0.15, 0.2) is 6.73 Å². The molecule has 0 unspecified atom stereocenters. The van der Waals surface area contributed by atoms with Crippen LogP contribution in [0.15, 0.2) is 53.4 Å². The molecule has 2 aromatic rings. The molecule has 2 amide bonds. The van der Waals surface area contributed by atoms with Gasteiger partial charge in [-0.25, -0.2) is 13.3 Å². The highest BCUT2D eigenvalue weighted by molar-refractivity contribution is 7.89. The fourth-order valence-corrected chi connectivity index (χ4v) is 5.41. The number of ether oxygens (including phenoxy) is 1. The first-order valence-corrected chi connectivity index (χ1v) is 12.0. The third kappa shape index (κ3) is 4.44. The van der Waals surface area contributed by atoms with Crippen molar-refractivity contribution < 1.29 is 27.5 Å². The summed E-state index contributed by atoms with van der Waals surface area (Å²) in [5, 5.41) is 0. The Morgan fingerprint density at radius 1 is 0.875 bits per heavy atom. The number of benzene rings is 2. The number of amides is 2. The number of fused-ring (bicyclic) bond motifs is 1. The van der Waals surface area contributed by atoms with Crippen LogP contribution in [0.5, 0.6) is 0 Å². The number of imide groups is 1. The molecular weight excluding hydrogens is 432 g/mol. The maximum atomic E-state index is 12.7. The highest BCUT2D eigenvalue weighted by Crippen LogP contribution is 2.23. The second kappa shape index (κ2) is 9.22. The SMILES string of the molecule is O=C(CCc1ccc(S(=O)(=O)N2CCCCC2)cc1)OCN1C(=O)c2ccccc2C1=O. The van der Waals surface area contributed by atoms with Crippen molar-refractivity contribution in [2.75, 3.05) is 19.8 Å². The zero-order valence-corrected chi connectivity index (χ0v) is 18.3. The summed E-state index contributed by atoms with van der Waals surface area (Å²) in [6.07, 6.45) is 3.20. The van der Waals surface area contributed by atoms with Gasteiger partial charge in [0.2, 0.25) is 10.0 Å². The summed E-state index contributed by atoms with van der Waals surface area (Å²) >= 11 is 0. The van der Waals surface area contributed by atoms with E-state index in [2.05, 4.69) is 0 Å². The van der Waals surface area contributed by atoms with Crippen LogP contribution in [0.3, 0.4) is 0 Å². The number of rotatable bonds is 7. The number of carbonyl (C=O) groups is 3. The highest BCUT2D eigenvalue weighted by atomic mass is 32.2. The van der Waals surface area contributed by atoms with Gasteiger partial charge in [-0.15, -0.1) is 0 Å². The van der Waals surface area contributed by atoms with Gasteiger partial charge < -0.3 is 4.74 Å². The van der Waals surface area contributed by atoms with Gasteiger partial charge in [0, 0.05) is 19.5 Å². The minimum absolute atomic E-state index is 0.0430. The molecule has 8 nitrogen and oxygen atoms in total. The minimum atomic E-state index is -3.49. The van der Waals surface area contributed by atoms with Crippen LogP contribution in [0.25, 0.3) is 0 Å². The van der Waals surface area contributed by atoms with Crippen LogP contribution in [0, 0.1) is 0 Å². The van der Waals surface area contributed by atoms with Gasteiger partial charge in [0.25, 0.3) is 11.8 Å². The lowest BCUT2D eigenvalue weighted by Gasteiger charge is -2.25. The summed E-state index contributed by atoms with van der Waals surface area (Å²) in [6, 6.07) is 13.0. The zero-order valence-electron chi connectivity index (χ0n) is 17.5. The Kier molecular flexibility index (Phi) is 6.38. The van der Waals surface area contributed by atoms with E-state index in [1.807, 2.05) is 0 Å².